The number of nitrogens with zero attached hydrogens (tertiary/aromatic N) is 3. The Hall–Kier alpha value is -2.53. The van der Waals surface area contributed by atoms with Gasteiger partial charge in [0, 0.05) is 13.0 Å². The van der Waals surface area contributed by atoms with Crippen molar-refractivity contribution in [3.05, 3.63) is 82.4 Å². The summed E-state index contributed by atoms with van der Waals surface area (Å²) in [5, 5.41) is 8.41. The number of halogens is 1. The maximum Gasteiger partial charge on any atom is 0.123 e. The lowest BCUT2D eigenvalue weighted by Gasteiger charge is -2.09. The minimum absolute atomic E-state index is 0.237. The zero-order valence-corrected chi connectivity index (χ0v) is 13.0. The molecule has 0 fully saturated rings. The third kappa shape index (κ3) is 3.63. The van der Waals surface area contributed by atoms with E-state index in [1.54, 1.807) is 12.1 Å². The summed E-state index contributed by atoms with van der Waals surface area (Å²) in [5.41, 5.74) is 10.9. The normalized spacial score (nSPS) is 10.9. The first kappa shape index (κ1) is 15.4. The highest BCUT2D eigenvalue weighted by Gasteiger charge is 2.13. The molecule has 3 aromatic rings. The standard InChI is InChI=1S/C18H19FN4/c1-13-2-4-15(5-3-13)12-23-18(17(11-20)21-22-23)10-14-6-8-16(19)9-7-14/h2-9H,10-12,20H2,1H3. The minimum atomic E-state index is -0.237. The van der Waals surface area contributed by atoms with E-state index >= 15 is 0 Å². The van der Waals surface area contributed by atoms with Gasteiger partial charge in [-0.25, -0.2) is 9.07 Å². The first-order chi connectivity index (χ1) is 11.2. The van der Waals surface area contributed by atoms with Crippen LogP contribution in [-0.2, 0) is 19.5 Å². The predicted octanol–water partition coefficient (Wildman–Crippen LogP) is 2.82. The molecule has 118 valence electrons. The quantitative estimate of drug-likeness (QED) is 0.788. The van der Waals surface area contributed by atoms with Crippen LogP contribution in [0.3, 0.4) is 0 Å². The molecular weight excluding hydrogens is 291 g/mol. The van der Waals surface area contributed by atoms with Gasteiger partial charge >= 0.3 is 0 Å². The van der Waals surface area contributed by atoms with Crippen LogP contribution in [0.2, 0.25) is 0 Å². The number of rotatable bonds is 5. The average Bonchev–Trinajstić information content (AvgIpc) is 2.93. The third-order valence-electron chi connectivity index (χ3n) is 3.85. The molecule has 0 atom stereocenters. The number of hydrogen-bond acceptors (Lipinski definition) is 3. The molecule has 5 heteroatoms. The molecule has 0 unspecified atom stereocenters. The van der Waals surface area contributed by atoms with E-state index in [2.05, 4.69) is 41.5 Å². The number of hydrogen-bond donors (Lipinski definition) is 1. The molecule has 4 nitrogen and oxygen atoms in total. The fraction of sp³-hybridized carbons (Fsp3) is 0.222. The van der Waals surface area contributed by atoms with Crippen LogP contribution in [0, 0.1) is 12.7 Å². The molecule has 0 aliphatic heterocycles. The summed E-state index contributed by atoms with van der Waals surface area (Å²) in [6.45, 7) is 3.04. The Morgan fingerprint density at radius 3 is 2.30 bits per heavy atom. The average molecular weight is 310 g/mol. The molecule has 0 amide bonds. The fourth-order valence-electron chi connectivity index (χ4n) is 2.51. The molecule has 0 spiro atoms. The Bertz CT molecular complexity index is 776. The zero-order valence-electron chi connectivity index (χ0n) is 13.0. The number of aromatic nitrogens is 3. The summed E-state index contributed by atoms with van der Waals surface area (Å²) in [4.78, 5) is 0. The van der Waals surface area contributed by atoms with Gasteiger partial charge in [-0.05, 0) is 30.2 Å². The Kier molecular flexibility index (Phi) is 4.48. The van der Waals surface area contributed by atoms with E-state index in [0.29, 0.717) is 19.5 Å². The van der Waals surface area contributed by atoms with Crippen molar-refractivity contribution >= 4 is 0 Å². The summed E-state index contributed by atoms with van der Waals surface area (Å²) in [7, 11) is 0. The second-order valence-corrected chi connectivity index (χ2v) is 5.63. The van der Waals surface area contributed by atoms with Gasteiger partial charge in [-0.3, -0.25) is 0 Å². The summed E-state index contributed by atoms with van der Waals surface area (Å²) >= 11 is 0. The van der Waals surface area contributed by atoms with Crippen molar-refractivity contribution in [3.8, 4) is 0 Å². The molecule has 0 saturated heterocycles. The van der Waals surface area contributed by atoms with Crippen molar-refractivity contribution in [3.63, 3.8) is 0 Å². The first-order valence-electron chi connectivity index (χ1n) is 7.57. The van der Waals surface area contributed by atoms with E-state index in [9.17, 15) is 4.39 Å². The van der Waals surface area contributed by atoms with Crippen LogP contribution in [0.5, 0.6) is 0 Å². The van der Waals surface area contributed by atoms with Gasteiger partial charge in [0.15, 0.2) is 0 Å². The number of nitrogens with two attached hydrogens (primary N) is 1. The van der Waals surface area contributed by atoms with E-state index in [0.717, 1.165) is 22.5 Å². The van der Waals surface area contributed by atoms with Gasteiger partial charge in [-0.2, -0.15) is 0 Å². The topological polar surface area (TPSA) is 56.7 Å². The van der Waals surface area contributed by atoms with Crippen LogP contribution in [0.25, 0.3) is 0 Å². The summed E-state index contributed by atoms with van der Waals surface area (Å²) < 4.78 is 14.9. The fourth-order valence-corrected chi connectivity index (χ4v) is 2.51. The summed E-state index contributed by atoms with van der Waals surface area (Å²) in [5.74, 6) is -0.237. The molecule has 2 N–H and O–H groups in total. The minimum Gasteiger partial charge on any atom is -0.325 e. The van der Waals surface area contributed by atoms with Crippen LogP contribution in [-0.4, -0.2) is 15.0 Å². The largest absolute Gasteiger partial charge is 0.325 e. The smallest absolute Gasteiger partial charge is 0.123 e. The van der Waals surface area contributed by atoms with Crippen molar-refractivity contribution in [1.29, 1.82) is 0 Å². The molecule has 0 radical (unpaired) electrons. The first-order valence-corrected chi connectivity index (χ1v) is 7.57. The van der Waals surface area contributed by atoms with E-state index in [-0.39, 0.29) is 5.82 Å². The van der Waals surface area contributed by atoms with Gasteiger partial charge in [0.25, 0.3) is 0 Å². The highest BCUT2D eigenvalue weighted by molar-refractivity contribution is 5.26. The van der Waals surface area contributed by atoms with Gasteiger partial charge in [0.2, 0.25) is 0 Å². The van der Waals surface area contributed by atoms with Crippen molar-refractivity contribution in [1.82, 2.24) is 15.0 Å². The second-order valence-electron chi connectivity index (χ2n) is 5.63. The maximum absolute atomic E-state index is 13.1. The molecule has 1 heterocycles. The van der Waals surface area contributed by atoms with E-state index in [4.69, 9.17) is 5.73 Å². The van der Waals surface area contributed by atoms with Crippen LogP contribution in [0.4, 0.5) is 4.39 Å². The molecule has 1 aromatic heterocycles. The monoisotopic (exact) mass is 310 g/mol. The Morgan fingerprint density at radius 1 is 1.00 bits per heavy atom. The molecule has 0 aliphatic rings. The van der Waals surface area contributed by atoms with E-state index < -0.39 is 0 Å². The Balaban J connectivity index is 1.87. The Morgan fingerprint density at radius 2 is 1.65 bits per heavy atom. The van der Waals surface area contributed by atoms with Gasteiger partial charge in [-0.15, -0.1) is 5.10 Å². The van der Waals surface area contributed by atoms with E-state index in [1.807, 2.05) is 4.68 Å². The molecule has 3 rings (SSSR count). The van der Waals surface area contributed by atoms with Crippen molar-refractivity contribution < 1.29 is 4.39 Å². The van der Waals surface area contributed by atoms with Crippen LogP contribution < -0.4 is 5.73 Å². The number of benzene rings is 2. The summed E-state index contributed by atoms with van der Waals surface area (Å²) in [6.07, 6.45) is 0.631. The van der Waals surface area contributed by atoms with Crippen LogP contribution >= 0.6 is 0 Å². The molecule has 0 bridgehead atoms. The second kappa shape index (κ2) is 6.71. The van der Waals surface area contributed by atoms with Crippen molar-refractivity contribution in [2.24, 2.45) is 5.73 Å². The predicted molar refractivity (Wildman–Crippen MR) is 87.4 cm³/mol. The van der Waals surface area contributed by atoms with Crippen LogP contribution in [0.1, 0.15) is 28.1 Å². The van der Waals surface area contributed by atoms with Crippen molar-refractivity contribution in [2.45, 2.75) is 26.4 Å². The van der Waals surface area contributed by atoms with Crippen LogP contribution in [0.15, 0.2) is 48.5 Å². The van der Waals surface area contributed by atoms with Gasteiger partial charge in [0.05, 0.1) is 17.9 Å². The SMILES string of the molecule is Cc1ccc(Cn2nnc(CN)c2Cc2ccc(F)cc2)cc1. The molecule has 0 aliphatic carbocycles. The number of aryl methyl sites for hydroxylation is 1. The summed E-state index contributed by atoms with van der Waals surface area (Å²) in [6, 6.07) is 14.8. The molecule has 23 heavy (non-hydrogen) atoms. The van der Waals surface area contributed by atoms with Crippen molar-refractivity contribution in [2.75, 3.05) is 0 Å². The van der Waals surface area contributed by atoms with Gasteiger partial charge in [-0.1, -0.05) is 47.2 Å². The molecule has 0 saturated carbocycles. The zero-order chi connectivity index (χ0) is 16.2. The van der Waals surface area contributed by atoms with Gasteiger partial charge < -0.3 is 5.73 Å². The molecular formula is C18H19FN4. The van der Waals surface area contributed by atoms with E-state index in [1.165, 1.54) is 17.7 Å². The Labute approximate surface area is 134 Å². The molecule has 2 aromatic carbocycles. The van der Waals surface area contributed by atoms with Gasteiger partial charge in [0.1, 0.15) is 5.82 Å². The lowest BCUT2D eigenvalue weighted by atomic mass is 10.1. The third-order valence-corrected chi connectivity index (χ3v) is 3.85. The lowest BCUT2D eigenvalue weighted by Crippen LogP contribution is -2.09. The maximum atomic E-state index is 13.1. The highest BCUT2D eigenvalue weighted by Crippen LogP contribution is 2.15. The lowest BCUT2D eigenvalue weighted by molar-refractivity contribution is 0.621. The highest BCUT2D eigenvalue weighted by atomic mass is 19.1.